The largest absolute Gasteiger partial charge is 0.431 e. The van der Waals surface area contributed by atoms with Crippen LogP contribution in [-0.4, -0.2) is 30.1 Å². The van der Waals surface area contributed by atoms with Crippen molar-refractivity contribution in [2.24, 2.45) is 0 Å². The van der Waals surface area contributed by atoms with E-state index in [-0.39, 0.29) is 28.9 Å². The van der Waals surface area contributed by atoms with Gasteiger partial charge in [-0.15, -0.1) is 0 Å². The minimum absolute atomic E-state index is 0.0776. The number of nitrogens with one attached hydrogen (secondary N) is 1. The Labute approximate surface area is 177 Å². The average Bonchev–Trinajstić information content (AvgIpc) is 3.31. The lowest BCUT2D eigenvalue weighted by Crippen LogP contribution is -2.27. The highest BCUT2D eigenvalue weighted by Gasteiger charge is 2.33. The summed E-state index contributed by atoms with van der Waals surface area (Å²) >= 11 is 6.06. The maximum absolute atomic E-state index is 13.1. The maximum Gasteiger partial charge on any atom is 0.431 e. The smallest absolute Gasteiger partial charge is 0.391 e. The van der Waals surface area contributed by atoms with Gasteiger partial charge in [-0.25, -0.2) is 14.8 Å². The lowest BCUT2D eigenvalue weighted by Gasteiger charge is -2.08. The number of carbonyl (C=O) groups excluding carboxylic acids is 1. The average molecular weight is 451 g/mol. The van der Waals surface area contributed by atoms with Gasteiger partial charge in [0.05, 0.1) is 18.4 Å². The highest BCUT2D eigenvalue weighted by Crippen LogP contribution is 2.42. The summed E-state index contributed by atoms with van der Waals surface area (Å²) in [4.78, 5) is 20.6. The van der Waals surface area contributed by atoms with Crippen LogP contribution in [0.15, 0.2) is 36.7 Å². The van der Waals surface area contributed by atoms with E-state index >= 15 is 0 Å². The van der Waals surface area contributed by atoms with Crippen molar-refractivity contribution in [2.75, 3.05) is 0 Å². The fourth-order valence-electron chi connectivity index (χ4n) is 3.35. The molecule has 4 aromatic rings. The summed E-state index contributed by atoms with van der Waals surface area (Å²) < 4.78 is 47.0. The second-order valence-corrected chi connectivity index (χ2v) is 7.53. The third kappa shape index (κ3) is 3.76. The number of rotatable bonds is 4. The molecule has 0 aliphatic heterocycles. The SMILES string of the molecule is O=C(NCc1cn2c(C(F)(F)F)cccc2n1)Oc1cc(Cl)nc2c(C3CC3)cnn12. The summed E-state index contributed by atoms with van der Waals surface area (Å²) in [5.74, 6) is 0.454. The fraction of sp³-hybridized carbons (Fsp3) is 0.263. The van der Waals surface area contributed by atoms with E-state index in [9.17, 15) is 18.0 Å². The molecule has 4 heterocycles. The predicted molar refractivity (Wildman–Crippen MR) is 103 cm³/mol. The molecule has 0 aromatic carbocycles. The van der Waals surface area contributed by atoms with Crippen molar-refractivity contribution in [2.45, 2.75) is 31.5 Å². The molecule has 0 atom stereocenters. The number of aromatic nitrogens is 5. The molecule has 0 bridgehead atoms. The highest BCUT2D eigenvalue weighted by atomic mass is 35.5. The van der Waals surface area contributed by atoms with Crippen molar-refractivity contribution in [1.29, 1.82) is 0 Å². The molecule has 1 aliphatic rings. The van der Waals surface area contributed by atoms with Crippen LogP contribution < -0.4 is 10.1 Å². The standard InChI is InChI=1S/C19H14ClF3N6O2/c20-14-6-16(29-17(27-14)12(8-25-29)10-4-5-10)31-18(30)24-7-11-9-28-13(19(21,22)23)2-1-3-15(28)26-11/h1-3,6,8-10H,4-5,7H2,(H,24,30). The summed E-state index contributed by atoms with van der Waals surface area (Å²) in [5, 5.41) is 6.84. The highest BCUT2D eigenvalue weighted by molar-refractivity contribution is 6.29. The number of fused-ring (bicyclic) bond motifs is 2. The van der Waals surface area contributed by atoms with E-state index in [4.69, 9.17) is 16.3 Å². The van der Waals surface area contributed by atoms with E-state index in [0.717, 1.165) is 28.9 Å². The first-order valence-electron chi connectivity index (χ1n) is 9.33. The Morgan fingerprint density at radius 1 is 1.29 bits per heavy atom. The minimum atomic E-state index is -4.53. The van der Waals surface area contributed by atoms with E-state index in [1.165, 1.54) is 28.9 Å². The quantitative estimate of drug-likeness (QED) is 0.471. The Morgan fingerprint density at radius 2 is 2.10 bits per heavy atom. The number of nitrogens with zero attached hydrogens (tertiary/aromatic N) is 5. The molecule has 1 N–H and O–H groups in total. The minimum Gasteiger partial charge on any atom is -0.391 e. The molecule has 5 rings (SSSR count). The van der Waals surface area contributed by atoms with Crippen LogP contribution in [0.4, 0.5) is 18.0 Å². The van der Waals surface area contributed by atoms with Gasteiger partial charge in [0.15, 0.2) is 5.65 Å². The predicted octanol–water partition coefficient (Wildman–Crippen LogP) is 4.22. The van der Waals surface area contributed by atoms with Crippen LogP contribution in [0.25, 0.3) is 11.3 Å². The Bertz CT molecular complexity index is 1310. The van der Waals surface area contributed by atoms with Crippen molar-refractivity contribution >= 4 is 29.0 Å². The first kappa shape index (κ1) is 19.6. The summed E-state index contributed by atoms with van der Waals surface area (Å²) in [7, 11) is 0. The van der Waals surface area contributed by atoms with Gasteiger partial charge in [0, 0.05) is 17.8 Å². The van der Waals surface area contributed by atoms with Gasteiger partial charge in [0.2, 0.25) is 5.88 Å². The zero-order valence-electron chi connectivity index (χ0n) is 15.7. The molecule has 31 heavy (non-hydrogen) atoms. The van der Waals surface area contributed by atoms with Gasteiger partial charge in [-0.05, 0) is 30.9 Å². The van der Waals surface area contributed by atoms with E-state index in [0.29, 0.717) is 11.6 Å². The molecule has 1 aliphatic carbocycles. The third-order valence-electron chi connectivity index (χ3n) is 4.90. The number of alkyl halides is 3. The Hall–Kier alpha value is -3.34. The van der Waals surface area contributed by atoms with Gasteiger partial charge in [-0.2, -0.15) is 22.8 Å². The number of amides is 1. The number of pyridine rings is 1. The number of halogens is 4. The van der Waals surface area contributed by atoms with Crippen LogP contribution >= 0.6 is 11.6 Å². The molecule has 0 spiro atoms. The van der Waals surface area contributed by atoms with Gasteiger partial charge in [-0.3, -0.25) is 4.40 Å². The molecule has 4 aromatic heterocycles. The monoisotopic (exact) mass is 450 g/mol. The van der Waals surface area contributed by atoms with Gasteiger partial charge < -0.3 is 10.1 Å². The first-order chi connectivity index (χ1) is 14.8. The van der Waals surface area contributed by atoms with Gasteiger partial charge in [-0.1, -0.05) is 17.7 Å². The van der Waals surface area contributed by atoms with Crippen LogP contribution in [-0.2, 0) is 12.7 Å². The van der Waals surface area contributed by atoms with Crippen molar-refractivity contribution in [3.05, 3.63) is 58.8 Å². The number of hydrogen-bond acceptors (Lipinski definition) is 5. The zero-order chi connectivity index (χ0) is 21.8. The number of hydrogen-bond donors (Lipinski definition) is 1. The second kappa shape index (κ2) is 7.12. The van der Waals surface area contributed by atoms with Gasteiger partial charge in [0.25, 0.3) is 0 Å². The van der Waals surface area contributed by atoms with Crippen LogP contribution in [0, 0.1) is 0 Å². The third-order valence-corrected chi connectivity index (χ3v) is 5.09. The summed E-state index contributed by atoms with van der Waals surface area (Å²) in [6, 6.07) is 5.04. The zero-order valence-corrected chi connectivity index (χ0v) is 16.5. The molecule has 160 valence electrons. The Balaban J connectivity index is 1.33. The molecule has 1 amide bonds. The molecular weight excluding hydrogens is 437 g/mol. The maximum atomic E-state index is 13.1. The topological polar surface area (TPSA) is 85.8 Å². The lowest BCUT2D eigenvalue weighted by molar-refractivity contribution is -0.142. The summed E-state index contributed by atoms with van der Waals surface area (Å²) in [6.45, 7) is -0.133. The number of carbonyl (C=O) groups is 1. The Morgan fingerprint density at radius 3 is 2.84 bits per heavy atom. The summed E-state index contributed by atoms with van der Waals surface area (Å²) in [5.41, 5.74) is 0.967. The fourth-order valence-corrected chi connectivity index (χ4v) is 3.52. The molecule has 1 saturated carbocycles. The van der Waals surface area contributed by atoms with E-state index in [1.54, 1.807) is 6.20 Å². The van der Waals surface area contributed by atoms with Crippen LogP contribution in [0.3, 0.4) is 0 Å². The molecule has 0 radical (unpaired) electrons. The van der Waals surface area contributed by atoms with E-state index < -0.39 is 18.0 Å². The first-order valence-corrected chi connectivity index (χ1v) is 9.71. The van der Waals surface area contributed by atoms with Crippen LogP contribution in [0.2, 0.25) is 5.15 Å². The normalized spacial score (nSPS) is 14.3. The van der Waals surface area contributed by atoms with Crippen molar-refractivity contribution in [3.8, 4) is 5.88 Å². The van der Waals surface area contributed by atoms with Crippen LogP contribution in [0.5, 0.6) is 5.88 Å². The van der Waals surface area contributed by atoms with Gasteiger partial charge in [0.1, 0.15) is 16.5 Å². The number of ether oxygens (including phenoxy) is 1. The second-order valence-electron chi connectivity index (χ2n) is 7.14. The van der Waals surface area contributed by atoms with Crippen LogP contribution in [0.1, 0.15) is 35.7 Å². The molecule has 12 heteroatoms. The Kier molecular flexibility index (Phi) is 4.50. The van der Waals surface area contributed by atoms with E-state index in [1.807, 2.05) is 0 Å². The van der Waals surface area contributed by atoms with Crippen molar-refractivity contribution in [3.63, 3.8) is 0 Å². The molecular formula is C19H14ClF3N6O2. The molecule has 1 fully saturated rings. The van der Waals surface area contributed by atoms with Crippen molar-refractivity contribution in [1.82, 2.24) is 29.3 Å². The lowest BCUT2D eigenvalue weighted by atomic mass is 10.2. The molecule has 0 saturated heterocycles. The van der Waals surface area contributed by atoms with Crippen molar-refractivity contribution < 1.29 is 22.7 Å². The molecule has 0 unspecified atom stereocenters. The molecule has 8 nitrogen and oxygen atoms in total. The van der Waals surface area contributed by atoms with E-state index in [2.05, 4.69) is 20.4 Å². The summed E-state index contributed by atoms with van der Waals surface area (Å²) in [6.07, 6.45) is -0.382. The number of imidazole rings is 1. The van der Waals surface area contributed by atoms with Gasteiger partial charge >= 0.3 is 12.3 Å².